The van der Waals surface area contributed by atoms with Crippen LogP contribution in [-0.4, -0.2) is 16.6 Å². The van der Waals surface area contributed by atoms with Gasteiger partial charge in [-0.2, -0.15) is 10.5 Å². The zero-order chi connectivity index (χ0) is 19.2. The number of amides is 1. The van der Waals surface area contributed by atoms with E-state index in [4.69, 9.17) is 10.2 Å². The molecule has 7 nitrogen and oxygen atoms in total. The van der Waals surface area contributed by atoms with Crippen LogP contribution in [0.2, 0.25) is 0 Å². The highest BCUT2D eigenvalue weighted by Gasteiger charge is 2.21. The van der Waals surface area contributed by atoms with Gasteiger partial charge < -0.3 is 15.5 Å². The van der Waals surface area contributed by atoms with E-state index in [0.29, 0.717) is 16.3 Å². The third-order valence-corrected chi connectivity index (χ3v) is 5.43. The summed E-state index contributed by atoms with van der Waals surface area (Å²) in [7, 11) is 0. The zero-order valence-electron chi connectivity index (χ0n) is 13.9. The van der Waals surface area contributed by atoms with Crippen LogP contribution in [0.4, 0.5) is 5.82 Å². The number of carbonyl (C=O) groups excluding carboxylic acids is 1. The SMILES string of the molecule is N#Cc1c(N)nc(SCC(=O)NCc2ccco2)c(C#N)c1-c1cccs1. The third-order valence-electron chi connectivity index (χ3n) is 3.56. The van der Waals surface area contributed by atoms with E-state index < -0.39 is 0 Å². The molecule has 0 radical (unpaired) electrons. The van der Waals surface area contributed by atoms with Gasteiger partial charge in [-0.05, 0) is 23.6 Å². The van der Waals surface area contributed by atoms with E-state index in [1.165, 1.54) is 17.6 Å². The molecule has 3 heterocycles. The van der Waals surface area contributed by atoms with Crippen LogP contribution < -0.4 is 11.1 Å². The molecule has 0 bridgehead atoms. The van der Waals surface area contributed by atoms with Crippen molar-refractivity contribution >= 4 is 34.8 Å². The summed E-state index contributed by atoms with van der Waals surface area (Å²) in [6, 6.07) is 11.3. The van der Waals surface area contributed by atoms with E-state index in [1.807, 2.05) is 23.6 Å². The van der Waals surface area contributed by atoms with Crippen LogP contribution in [0, 0.1) is 22.7 Å². The minimum Gasteiger partial charge on any atom is -0.467 e. The summed E-state index contributed by atoms with van der Waals surface area (Å²) in [5, 5.41) is 24.0. The van der Waals surface area contributed by atoms with Crippen LogP contribution in [-0.2, 0) is 11.3 Å². The number of carbonyl (C=O) groups is 1. The quantitative estimate of drug-likeness (QED) is 0.613. The summed E-state index contributed by atoms with van der Waals surface area (Å²) in [4.78, 5) is 17.0. The van der Waals surface area contributed by atoms with Gasteiger partial charge in [-0.3, -0.25) is 4.79 Å². The van der Waals surface area contributed by atoms with E-state index >= 15 is 0 Å². The Morgan fingerprint density at radius 3 is 2.74 bits per heavy atom. The molecule has 0 fully saturated rings. The number of thiophene rings is 1. The highest BCUT2D eigenvalue weighted by molar-refractivity contribution is 8.00. The monoisotopic (exact) mass is 395 g/mol. The van der Waals surface area contributed by atoms with Crippen molar-refractivity contribution in [1.82, 2.24) is 10.3 Å². The fraction of sp³-hybridized carbons (Fsp3) is 0.111. The van der Waals surface area contributed by atoms with Crippen molar-refractivity contribution in [3.63, 3.8) is 0 Å². The molecule has 3 N–H and O–H groups in total. The Balaban J connectivity index is 1.82. The van der Waals surface area contributed by atoms with E-state index in [1.54, 1.807) is 12.1 Å². The van der Waals surface area contributed by atoms with E-state index in [9.17, 15) is 15.3 Å². The summed E-state index contributed by atoms with van der Waals surface area (Å²) in [5.74, 6) is 0.505. The number of hydrogen-bond acceptors (Lipinski definition) is 8. The molecule has 0 spiro atoms. The number of hydrogen-bond donors (Lipinski definition) is 2. The largest absolute Gasteiger partial charge is 0.467 e. The van der Waals surface area contributed by atoms with Gasteiger partial charge in [-0.25, -0.2) is 4.98 Å². The van der Waals surface area contributed by atoms with E-state index in [-0.39, 0.29) is 35.1 Å². The molecule has 3 aromatic heterocycles. The standard InChI is InChI=1S/C18H13N5O2S2/c19-7-12-16(14-4-2-6-26-14)13(8-20)18(23-17(12)21)27-10-15(24)22-9-11-3-1-5-25-11/h1-6H,9-10H2,(H2,21,23)(H,22,24). The highest BCUT2D eigenvalue weighted by atomic mass is 32.2. The fourth-order valence-corrected chi connectivity index (χ4v) is 3.96. The number of aromatic nitrogens is 1. The topological polar surface area (TPSA) is 129 Å². The lowest BCUT2D eigenvalue weighted by Gasteiger charge is -2.11. The molecule has 3 aromatic rings. The second kappa shape index (κ2) is 8.41. The maximum absolute atomic E-state index is 12.1. The molecule has 3 rings (SSSR count). The molecular formula is C18H13N5O2S2. The highest BCUT2D eigenvalue weighted by Crippen LogP contribution is 2.37. The number of nitrogens with two attached hydrogens (primary N) is 1. The second-order valence-electron chi connectivity index (χ2n) is 5.27. The van der Waals surface area contributed by atoms with Crippen LogP contribution in [0.5, 0.6) is 0 Å². The Bertz CT molecular complexity index is 1030. The Morgan fingerprint density at radius 1 is 1.30 bits per heavy atom. The zero-order valence-corrected chi connectivity index (χ0v) is 15.6. The number of rotatable bonds is 6. The summed E-state index contributed by atoms with van der Waals surface area (Å²) in [5.41, 5.74) is 6.80. The number of furan rings is 1. The summed E-state index contributed by atoms with van der Waals surface area (Å²) < 4.78 is 5.16. The second-order valence-corrected chi connectivity index (χ2v) is 7.18. The maximum Gasteiger partial charge on any atom is 0.230 e. The van der Waals surface area contributed by atoms with Crippen LogP contribution in [0.3, 0.4) is 0 Å². The van der Waals surface area contributed by atoms with Crippen LogP contribution in [0.25, 0.3) is 10.4 Å². The number of anilines is 1. The molecule has 1 amide bonds. The molecule has 0 unspecified atom stereocenters. The van der Waals surface area contributed by atoms with Gasteiger partial charge in [0.15, 0.2) is 0 Å². The minimum atomic E-state index is -0.234. The van der Waals surface area contributed by atoms with Gasteiger partial charge in [0.05, 0.1) is 24.1 Å². The van der Waals surface area contributed by atoms with E-state index in [0.717, 1.165) is 16.6 Å². The predicted molar refractivity (Wildman–Crippen MR) is 103 cm³/mol. The van der Waals surface area contributed by atoms with Gasteiger partial charge in [-0.15, -0.1) is 11.3 Å². The molecule has 0 saturated heterocycles. The van der Waals surface area contributed by atoms with Gasteiger partial charge in [0, 0.05) is 10.4 Å². The van der Waals surface area contributed by atoms with Crippen molar-refractivity contribution in [2.75, 3.05) is 11.5 Å². The Hall–Kier alpha value is -3.27. The minimum absolute atomic E-state index is 0.0402. The lowest BCUT2D eigenvalue weighted by atomic mass is 10.0. The van der Waals surface area contributed by atoms with Gasteiger partial charge >= 0.3 is 0 Å². The van der Waals surface area contributed by atoms with Crippen molar-refractivity contribution in [2.24, 2.45) is 0 Å². The van der Waals surface area contributed by atoms with Crippen molar-refractivity contribution in [3.05, 3.63) is 52.8 Å². The Labute approximate surface area is 163 Å². The van der Waals surface area contributed by atoms with Crippen molar-refractivity contribution < 1.29 is 9.21 Å². The van der Waals surface area contributed by atoms with Crippen LogP contribution >= 0.6 is 23.1 Å². The van der Waals surface area contributed by atoms with Gasteiger partial charge in [0.1, 0.15) is 34.3 Å². The number of nitrogens with zero attached hydrogens (tertiary/aromatic N) is 3. The molecule has 0 atom stereocenters. The molecule has 0 aliphatic rings. The van der Waals surface area contributed by atoms with Crippen molar-refractivity contribution in [3.8, 4) is 22.6 Å². The summed E-state index contributed by atoms with van der Waals surface area (Å²) in [6.07, 6.45) is 1.53. The normalized spacial score (nSPS) is 10.1. The first kappa shape index (κ1) is 18.5. The molecule has 134 valence electrons. The number of nitrogen functional groups attached to an aromatic ring is 1. The number of nitriles is 2. The lowest BCUT2D eigenvalue weighted by molar-refractivity contribution is -0.118. The molecule has 0 aliphatic carbocycles. The van der Waals surface area contributed by atoms with Gasteiger partial charge in [-0.1, -0.05) is 17.8 Å². The third kappa shape index (κ3) is 4.11. The Kier molecular flexibility index (Phi) is 5.77. The van der Waals surface area contributed by atoms with E-state index in [2.05, 4.69) is 16.4 Å². The van der Waals surface area contributed by atoms with Crippen LogP contribution in [0.1, 0.15) is 16.9 Å². The number of pyridine rings is 1. The lowest BCUT2D eigenvalue weighted by Crippen LogP contribution is -2.24. The van der Waals surface area contributed by atoms with Crippen molar-refractivity contribution in [1.29, 1.82) is 10.5 Å². The first-order valence-corrected chi connectivity index (χ1v) is 9.60. The molecular weight excluding hydrogens is 382 g/mol. The number of nitrogens with one attached hydrogen (secondary N) is 1. The molecule has 9 heteroatoms. The average molecular weight is 395 g/mol. The van der Waals surface area contributed by atoms with Crippen LogP contribution in [0.15, 0.2) is 45.4 Å². The summed E-state index contributed by atoms with van der Waals surface area (Å²) in [6.45, 7) is 0.279. The smallest absolute Gasteiger partial charge is 0.230 e. The molecule has 0 aromatic carbocycles. The fourth-order valence-electron chi connectivity index (χ4n) is 2.35. The molecule has 0 aliphatic heterocycles. The Morgan fingerprint density at radius 2 is 2.11 bits per heavy atom. The van der Waals surface area contributed by atoms with Gasteiger partial charge in [0.2, 0.25) is 5.91 Å². The first-order chi connectivity index (χ1) is 13.1. The average Bonchev–Trinajstić information content (AvgIpc) is 3.37. The van der Waals surface area contributed by atoms with Crippen molar-refractivity contribution in [2.45, 2.75) is 11.6 Å². The van der Waals surface area contributed by atoms with Gasteiger partial charge in [0.25, 0.3) is 0 Å². The first-order valence-electron chi connectivity index (χ1n) is 7.73. The predicted octanol–water partition coefficient (Wildman–Crippen LogP) is 3.14. The number of thioether (sulfide) groups is 1. The molecule has 27 heavy (non-hydrogen) atoms. The summed E-state index contributed by atoms with van der Waals surface area (Å²) >= 11 is 2.50. The molecule has 0 saturated carbocycles. The maximum atomic E-state index is 12.1.